The molecule has 39 heavy (non-hydrogen) atoms. The molecule has 1 aromatic heterocycles. The number of alkyl halides is 2. The average molecular weight is 540 g/mol. The SMILES string of the molecule is COc1cc(C)c2[nH]ccc2c1CN1CCC2(CC1c1ccc(C(=O)O)cc1NCC1COC1)CC(F)(F)C2. The first-order valence-electron chi connectivity index (χ1n) is 13.6. The normalized spacial score (nSPS) is 22.4. The number of fused-ring (bicyclic) bond motifs is 1. The highest BCUT2D eigenvalue weighted by molar-refractivity contribution is 5.89. The number of rotatable bonds is 8. The number of halogens is 2. The molecular weight excluding hydrogens is 504 g/mol. The van der Waals surface area contributed by atoms with E-state index in [2.05, 4.69) is 21.3 Å². The number of aromatic amines is 1. The van der Waals surface area contributed by atoms with E-state index in [0.717, 1.165) is 39.0 Å². The number of methoxy groups -OCH3 is 1. The van der Waals surface area contributed by atoms with Crippen molar-refractivity contribution in [1.29, 1.82) is 0 Å². The molecule has 3 fully saturated rings. The molecule has 1 spiro atoms. The number of aromatic carboxylic acids is 1. The molecule has 3 heterocycles. The summed E-state index contributed by atoms with van der Waals surface area (Å²) in [6.07, 6.45) is 3.06. The Bertz CT molecular complexity index is 1390. The lowest BCUT2D eigenvalue weighted by Gasteiger charge is -2.55. The molecule has 1 atom stereocenters. The van der Waals surface area contributed by atoms with Crippen LogP contribution in [0.3, 0.4) is 0 Å². The summed E-state index contributed by atoms with van der Waals surface area (Å²) >= 11 is 0. The minimum atomic E-state index is -2.61. The Hall–Kier alpha value is -3.17. The van der Waals surface area contributed by atoms with Crippen LogP contribution in [-0.2, 0) is 11.3 Å². The summed E-state index contributed by atoms with van der Waals surface area (Å²) in [7, 11) is 1.67. The number of carbonyl (C=O) groups is 1. The van der Waals surface area contributed by atoms with Gasteiger partial charge in [-0.25, -0.2) is 13.6 Å². The van der Waals surface area contributed by atoms with Crippen molar-refractivity contribution in [1.82, 2.24) is 9.88 Å². The number of hydrogen-bond donors (Lipinski definition) is 3. The van der Waals surface area contributed by atoms with Gasteiger partial charge in [0.1, 0.15) is 5.75 Å². The Balaban J connectivity index is 1.39. The van der Waals surface area contributed by atoms with Gasteiger partial charge in [-0.15, -0.1) is 0 Å². The van der Waals surface area contributed by atoms with Gasteiger partial charge >= 0.3 is 5.97 Å². The van der Waals surface area contributed by atoms with Crippen molar-refractivity contribution in [2.45, 2.75) is 51.1 Å². The number of aryl methyl sites for hydroxylation is 1. The molecule has 208 valence electrons. The van der Waals surface area contributed by atoms with Crippen LogP contribution in [0, 0.1) is 18.3 Å². The van der Waals surface area contributed by atoms with E-state index in [1.807, 2.05) is 25.3 Å². The molecular formula is C30H35F2N3O4. The zero-order valence-corrected chi connectivity index (χ0v) is 22.4. The summed E-state index contributed by atoms with van der Waals surface area (Å²) < 4.78 is 39.5. The Morgan fingerprint density at radius 3 is 2.72 bits per heavy atom. The third-order valence-corrected chi connectivity index (χ3v) is 8.90. The zero-order chi connectivity index (χ0) is 27.4. The number of anilines is 1. The van der Waals surface area contributed by atoms with Crippen LogP contribution in [0.2, 0.25) is 0 Å². The number of carboxylic acids is 1. The number of likely N-dealkylation sites (tertiary alicyclic amines) is 1. The van der Waals surface area contributed by atoms with E-state index in [4.69, 9.17) is 9.47 Å². The lowest BCUT2D eigenvalue weighted by atomic mass is 9.58. The molecule has 1 saturated carbocycles. The van der Waals surface area contributed by atoms with E-state index in [1.165, 1.54) is 0 Å². The van der Waals surface area contributed by atoms with Gasteiger partial charge in [0.15, 0.2) is 0 Å². The van der Waals surface area contributed by atoms with E-state index < -0.39 is 17.3 Å². The number of H-pyrrole nitrogens is 1. The third-order valence-electron chi connectivity index (χ3n) is 8.90. The molecule has 2 saturated heterocycles. The van der Waals surface area contributed by atoms with E-state index in [1.54, 1.807) is 19.2 Å². The number of nitrogens with one attached hydrogen (secondary N) is 2. The topological polar surface area (TPSA) is 86.8 Å². The van der Waals surface area contributed by atoms with E-state index >= 15 is 0 Å². The Morgan fingerprint density at radius 2 is 2.05 bits per heavy atom. The first-order valence-corrected chi connectivity index (χ1v) is 13.6. The van der Waals surface area contributed by atoms with Gasteiger partial charge in [-0.1, -0.05) is 6.07 Å². The number of hydrogen-bond acceptors (Lipinski definition) is 5. The van der Waals surface area contributed by atoms with Crippen molar-refractivity contribution < 1.29 is 28.2 Å². The Labute approximate surface area is 226 Å². The second-order valence-electron chi connectivity index (χ2n) is 11.7. The average Bonchev–Trinajstić information content (AvgIpc) is 3.35. The van der Waals surface area contributed by atoms with Crippen LogP contribution in [0.15, 0.2) is 36.5 Å². The lowest BCUT2D eigenvalue weighted by molar-refractivity contribution is -0.186. The molecule has 3 N–H and O–H groups in total. The Morgan fingerprint density at radius 1 is 1.26 bits per heavy atom. The fourth-order valence-corrected chi connectivity index (χ4v) is 6.81. The number of aromatic nitrogens is 1. The van der Waals surface area contributed by atoms with Gasteiger partial charge < -0.3 is 24.9 Å². The molecule has 2 aliphatic heterocycles. The van der Waals surface area contributed by atoms with Crippen LogP contribution in [0.25, 0.3) is 10.9 Å². The van der Waals surface area contributed by atoms with Crippen molar-refractivity contribution in [2.75, 3.05) is 38.7 Å². The van der Waals surface area contributed by atoms with Gasteiger partial charge in [-0.2, -0.15) is 0 Å². The van der Waals surface area contributed by atoms with Crippen LogP contribution in [0.1, 0.15) is 58.8 Å². The van der Waals surface area contributed by atoms with Crippen LogP contribution in [0.4, 0.5) is 14.5 Å². The maximum atomic E-state index is 14.2. The fourth-order valence-electron chi connectivity index (χ4n) is 6.81. The molecule has 1 unspecified atom stereocenters. The highest BCUT2D eigenvalue weighted by Gasteiger charge is 2.58. The van der Waals surface area contributed by atoms with Gasteiger partial charge in [-0.3, -0.25) is 4.90 Å². The summed E-state index contributed by atoms with van der Waals surface area (Å²) in [4.78, 5) is 17.5. The molecule has 9 heteroatoms. The first kappa shape index (κ1) is 26.1. The molecule has 1 aliphatic carbocycles. The van der Waals surface area contributed by atoms with Crippen LogP contribution < -0.4 is 10.1 Å². The minimum absolute atomic E-state index is 0.0877. The highest BCUT2D eigenvalue weighted by atomic mass is 19.3. The van der Waals surface area contributed by atoms with E-state index in [9.17, 15) is 18.7 Å². The van der Waals surface area contributed by atoms with Gasteiger partial charge in [0, 0.05) is 66.2 Å². The smallest absolute Gasteiger partial charge is 0.335 e. The largest absolute Gasteiger partial charge is 0.496 e. The number of nitrogens with zero attached hydrogens (tertiary/aromatic N) is 1. The fraction of sp³-hybridized carbons (Fsp3) is 0.500. The predicted octanol–water partition coefficient (Wildman–Crippen LogP) is 5.99. The molecule has 2 aromatic carbocycles. The van der Waals surface area contributed by atoms with Crippen molar-refractivity contribution in [3.8, 4) is 5.75 Å². The maximum absolute atomic E-state index is 14.2. The maximum Gasteiger partial charge on any atom is 0.335 e. The Kier molecular flexibility index (Phi) is 6.54. The van der Waals surface area contributed by atoms with Gasteiger partial charge in [0.25, 0.3) is 0 Å². The third kappa shape index (κ3) is 4.87. The molecule has 0 amide bonds. The quantitative estimate of drug-likeness (QED) is 0.326. The first-order chi connectivity index (χ1) is 18.7. The predicted molar refractivity (Wildman–Crippen MR) is 145 cm³/mol. The molecule has 0 radical (unpaired) electrons. The second kappa shape index (κ2) is 9.78. The van der Waals surface area contributed by atoms with Gasteiger partial charge in [0.05, 0.1) is 25.9 Å². The number of benzene rings is 2. The summed E-state index contributed by atoms with van der Waals surface area (Å²) in [5, 5.41) is 14.2. The zero-order valence-electron chi connectivity index (χ0n) is 22.4. The van der Waals surface area contributed by atoms with Crippen molar-refractivity contribution in [3.05, 3.63) is 58.8 Å². The van der Waals surface area contributed by atoms with Crippen molar-refractivity contribution in [3.63, 3.8) is 0 Å². The molecule has 3 aromatic rings. The summed E-state index contributed by atoms with van der Waals surface area (Å²) in [6.45, 7) is 5.32. The molecule has 6 rings (SSSR count). The number of ether oxygens (including phenoxy) is 2. The highest BCUT2D eigenvalue weighted by Crippen LogP contribution is 2.61. The van der Waals surface area contributed by atoms with Gasteiger partial charge in [0.2, 0.25) is 5.92 Å². The molecule has 7 nitrogen and oxygen atoms in total. The van der Waals surface area contributed by atoms with Gasteiger partial charge in [-0.05, 0) is 67.1 Å². The van der Waals surface area contributed by atoms with Crippen molar-refractivity contribution >= 4 is 22.6 Å². The van der Waals surface area contributed by atoms with E-state index in [0.29, 0.717) is 51.6 Å². The summed E-state index contributed by atoms with van der Waals surface area (Å²) in [5.41, 5.74) is 4.71. The summed E-state index contributed by atoms with van der Waals surface area (Å²) in [6, 6.07) is 9.12. The van der Waals surface area contributed by atoms with Crippen molar-refractivity contribution in [2.24, 2.45) is 11.3 Å². The standard InChI is InChI=1S/C30H35F2N3O4/c1-18-9-26(38-2)23(21-5-7-33-27(18)21)13-35-8-6-29(16-30(31,32)17-29)11-25(35)22-4-3-20(28(36)37)10-24(22)34-12-19-14-39-15-19/h3-5,7,9-10,19,25,33-34H,6,8,11-17H2,1-2H3,(H,36,37). The van der Waals surface area contributed by atoms with Crippen LogP contribution >= 0.6 is 0 Å². The van der Waals surface area contributed by atoms with Crippen LogP contribution in [-0.4, -0.2) is 60.3 Å². The minimum Gasteiger partial charge on any atom is -0.496 e. The van der Waals surface area contributed by atoms with E-state index in [-0.39, 0.29) is 24.4 Å². The van der Waals surface area contributed by atoms with Crippen LogP contribution in [0.5, 0.6) is 5.75 Å². The number of piperidine rings is 1. The second-order valence-corrected chi connectivity index (χ2v) is 11.7. The molecule has 0 bridgehead atoms. The monoisotopic (exact) mass is 539 g/mol. The lowest BCUT2D eigenvalue weighted by Crippen LogP contribution is -2.53. The number of carboxylic acid groups (broad SMARTS) is 1. The summed E-state index contributed by atoms with van der Waals surface area (Å²) in [5.74, 6) is -2.43. The molecule has 3 aliphatic rings.